The van der Waals surface area contributed by atoms with E-state index in [2.05, 4.69) is 44.7 Å². The van der Waals surface area contributed by atoms with Crippen molar-refractivity contribution in [3.05, 3.63) is 29.3 Å². The second-order valence-corrected chi connectivity index (χ2v) is 4.36. The summed E-state index contributed by atoms with van der Waals surface area (Å²) in [4.78, 5) is 1.17. The van der Waals surface area contributed by atoms with Gasteiger partial charge in [0.1, 0.15) is 0 Å². The first-order valence-corrected chi connectivity index (χ1v) is 4.92. The maximum absolute atomic E-state index is 4.49. The summed E-state index contributed by atoms with van der Waals surface area (Å²) in [6.45, 7) is 4.41. The van der Waals surface area contributed by atoms with Crippen LogP contribution in [0.15, 0.2) is 23.1 Å². The van der Waals surface area contributed by atoms with Gasteiger partial charge in [-0.2, -0.15) is 0 Å². The minimum absolute atomic E-state index is 0.790. The van der Waals surface area contributed by atoms with Crippen molar-refractivity contribution in [2.45, 2.75) is 31.1 Å². The van der Waals surface area contributed by atoms with Crippen LogP contribution in [0.1, 0.15) is 30.4 Å². The van der Waals surface area contributed by atoms with Gasteiger partial charge in [0.15, 0.2) is 0 Å². The molecule has 0 N–H and O–H groups in total. The molecule has 0 spiro atoms. The minimum Gasteiger partial charge on any atom is -0.143 e. The van der Waals surface area contributed by atoms with Crippen LogP contribution in [0.25, 0.3) is 0 Å². The van der Waals surface area contributed by atoms with E-state index in [4.69, 9.17) is 0 Å². The van der Waals surface area contributed by atoms with Gasteiger partial charge in [-0.1, -0.05) is 24.6 Å². The summed E-state index contributed by atoms with van der Waals surface area (Å²) < 4.78 is 0. The number of hydrogen-bond acceptors (Lipinski definition) is 1. The molecule has 12 heavy (non-hydrogen) atoms. The van der Waals surface area contributed by atoms with Crippen LogP contribution in [0.3, 0.4) is 0 Å². The average molecular weight is 178 g/mol. The molecule has 0 aromatic heterocycles. The molecule has 1 heteroatoms. The van der Waals surface area contributed by atoms with Crippen LogP contribution >= 0.6 is 12.6 Å². The third-order valence-corrected chi connectivity index (χ3v) is 3.08. The predicted octanol–water partition coefficient (Wildman–Crippen LogP) is 3.41. The van der Waals surface area contributed by atoms with E-state index in [0.717, 1.165) is 11.8 Å². The minimum atomic E-state index is 0.790. The van der Waals surface area contributed by atoms with E-state index in [1.165, 1.54) is 22.4 Å². The lowest BCUT2D eigenvalue weighted by Gasteiger charge is -2.03. The van der Waals surface area contributed by atoms with Gasteiger partial charge in [-0.05, 0) is 36.8 Å². The third kappa shape index (κ3) is 1.38. The van der Waals surface area contributed by atoms with Crippen LogP contribution in [-0.2, 0) is 0 Å². The van der Waals surface area contributed by atoms with Crippen LogP contribution in [-0.4, -0.2) is 0 Å². The summed E-state index contributed by atoms with van der Waals surface area (Å²) in [5, 5.41) is 0. The van der Waals surface area contributed by atoms with Crippen LogP contribution < -0.4 is 0 Å². The fraction of sp³-hybridized carbons (Fsp3) is 0.455. The largest absolute Gasteiger partial charge is 0.143 e. The quantitative estimate of drug-likeness (QED) is 0.626. The van der Waals surface area contributed by atoms with Crippen LogP contribution in [0.4, 0.5) is 0 Å². The molecule has 0 amide bonds. The first-order chi connectivity index (χ1) is 5.68. The molecule has 1 aromatic carbocycles. The summed E-state index contributed by atoms with van der Waals surface area (Å²) >= 11 is 4.49. The van der Waals surface area contributed by atoms with Gasteiger partial charge in [-0.3, -0.25) is 0 Å². The SMILES string of the molecule is Cc1ccc([C@@H]2C[C@@H]2C)c(S)c1. The van der Waals surface area contributed by atoms with Crippen molar-refractivity contribution in [1.29, 1.82) is 0 Å². The maximum Gasteiger partial charge on any atom is 0.00776 e. The maximum atomic E-state index is 4.49. The van der Waals surface area contributed by atoms with Gasteiger partial charge in [0, 0.05) is 4.90 Å². The van der Waals surface area contributed by atoms with Crippen molar-refractivity contribution in [2.24, 2.45) is 5.92 Å². The molecule has 64 valence electrons. The molecule has 0 radical (unpaired) electrons. The van der Waals surface area contributed by atoms with Crippen molar-refractivity contribution in [3.63, 3.8) is 0 Å². The van der Waals surface area contributed by atoms with E-state index in [0.29, 0.717) is 0 Å². The highest BCUT2D eigenvalue weighted by molar-refractivity contribution is 7.80. The third-order valence-electron chi connectivity index (χ3n) is 2.69. The average Bonchev–Trinajstić information content (AvgIpc) is 2.66. The summed E-state index contributed by atoms with van der Waals surface area (Å²) in [7, 11) is 0. The van der Waals surface area contributed by atoms with E-state index in [1.54, 1.807) is 0 Å². The van der Waals surface area contributed by atoms with Gasteiger partial charge in [0.2, 0.25) is 0 Å². The number of thiol groups is 1. The lowest BCUT2D eigenvalue weighted by molar-refractivity contribution is 0.899. The molecule has 0 nitrogen and oxygen atoms in total. The molecule has 0 saturated heterocycles. The Kier molecular flexibility index (Phi) is 1.91. The molecular formula is C11H14S. The topological polar surface area (TPSA) is 0 Å². The predicted molar refractivity (Wildman–Crippen MR) is 55.0 cm³/mol. The van der Waals surface area contributed by atoms with Crippen molar-refractivity contribution in [2.75, 3.05) is 0 Å². The summed E-state index contributed by atoms with van der Waals surface area (Å²) in [6.07, 6.45) is 1.34. The highest BCUT2D eigenvalue weighted by atomic mass is 32.1. The van der Waals surface area contributed by atoms with Gasteiger partial charge in [-0.15, -0.1) is 12.6 Å². The first kappa shape index (κ1) is 8.18. The Balaban J connectivity index is 2.33. The summed E-state index contributed by atoms with van der Waals surface area (Å²) in [6, 6.07) is 6.56. The number of benzene rings is 1. The molecule has 1 saturated carbocycles. The van der Waals surface area contributed by atoms with Crippen LogP contribution in [0, 0.1) is 12.8 Å². The Hall–Kier alpha value is -0.430. The zero-order chi connectivity index (χ0) is 8.72. The monoisotopic (exact) mass is 178 g/mol. The fourth-order valence-electron chi connectivity index (χ4n) is 1.72. The zero-order valence-corrected chi connectivity index (χ0v) is 8.44. The smallest absolute Gasteiger partial charge is 0.00776 e. The standard InChI is InChI=1S/C11H14S/c1-7-3-4-9(11(12)5-7)10-6-8(10)2/h3-5,8,10,12H,6H2,1-2H3/t8-,10+/m0/s1. The summed E-state index contributed by atoms with van der Waals surface area (Å²) in [5.74, 6) is 1.66. The van der Waals surface area contributed by atoms with Crippen molar-refractivity contribution in [3.8, 4) is 0 Å². The highest BCUT2D eigenvalue weighted by Crippen LogP contribution is 2.48. The van der Waals surface area contributed by atoms with Crippen LogP contribution in [0.5, 0.6) is 0 Å². The van der Waals surface area contributed by atoms with E-state index in [9.17, 15) is 0 Å². The van der Waals surface area contributed by atoms with Crippen molar-refractivity contribution >= 4 is 12.6 Å². The molecule has 1 fully saturated rings. The Morgan fingerprint density at radius 1 is 1.42 bits per heavy atom. The van der Waals surface area contributed by atoms with Gasteiger partial charge >= 0.3 is 0 Å². The normalized spacial score (nSPS) is 27.2. The Bertz CT molecular complexity index is 304. The highest BCUT2D eigenvalue weighted by Gasteiger charge is 2.34. The van der Waals surface area contributed by atoms with E-state index in [1.807, 2.05) is 0 Å². The van der Waals surface area contributed by atoms with Gasteiger partial charge < -0.3 is 0 Å². The molecule has 0 aliphatic heterocycles. The lowest BCUT2D eigenvalue weighted by atomic mass is 10.1. The molecule has 0 unspecified atom stereocenters. The van der Waals surface area contributed by atoms with E-state index < -0.39 is 0 Å². The number of aryl methyl sites for hydroxylation is 1. The number of hydrogen-bond donors (Lipinski definition) is 1. The Morgan fingerprint density at radius 3 is 2.58 bits per heavy atom. The molecule has 0 heterocycles. The molecule has 1 aromatic rings. The van der Waals surface area contributed by atoms with Gasteiger partial charge in [0.25, 0.3) is 0 Å². The Labute approximate surface area is 79.4 Å². The van der Waals surface area contributed by atoms with Crippen molar-refractivity contribution < 1.29 is 0 Å². The van der Waals surface area contributed by atoms with E-state index in [-0.39, 0.29) is 0 Å². The molecule has 1 aliphatic rings. The first-order valence-electron chi connectivity index (χ1n) is 4.48. The number of rotatable bonds is 1. The van der Waals surface area contributed by atoms with Crippen LogP contribution in [0.2, 0.25) is 0 Å². The lowest BCUT2D eigenvalue weighted by Crippen LogP contribution is -1.84. The van der Waals surface area contributed by atoms with Crippen molar-refractivity contribution in [1.82, 2.24) is 0 Å². The second-order valence-electron chi connectivity index (χ2n) is 3.88. The fourth-order valence-corrected chi connectivity index (χ4v) is 2.17. The molecule has 1 aliphatic carbocycles. The molecule has 2 atom stereocenters. The zero-order valence-electron chi connectivity index (χ0n) is 7.54. The van der Waals surface area contributed by atoms with Gasteiger partial charge in [0.05, 0.1) is 0 Å². The molecule has 2 rings (SSSR count). The Morgan fingerprint density at radius 2 is 2.08 bits per heavy atom. The van der Waals surface area contributed by atoms with E-state index >= 15 is 0 Å². The van der Waals surface area contributed by atoms with Gasteiger partial charge in [-0.25, -0.2) is 0 Å². The second kappa shape index (κ2) is 2.81. The molecular weight excluding hydrogens is 164 g/mol. The molecule has 0 bridgehead atoms. The summed E-state index contributed by atoms with van der Waals surface area (Å²) in [5.41, 5.74) is 2.74.